The van der Waals surface area contributed by atoms with Gasteiger partial charge in [0.25, 0.3) is 5.56 Å². The standard InChI is InChI=1S/C15H24FN3O/c1-12(2)17-14-6-4-9-19(15(14)20)13-5-3-8-18(11-13)10-7-16/h4,6,9,12-13,17H,3,5,7-8,10-11H2,1-2H3/t13-/m0/s1. The van der Waals surface area contributed by atoms with Crippen molar-refractivity contribution in [3.8, 4) is 0 Å². The van der Waals surface area contributed by atoms with Crippen molar-refractivity contribution in [2.75, 3.05) is 31.6 Å². The summed E-state index contributed by atoms with van der Waals surface area (Å²) in [5, 5.41) is 3.18. The molecule has 2 heterocycles. The van der Waals surface area contributed by atoms with Gasteiger partial charge in [-0.25, -0.2) is 4.39 Å². The van der Waals surface area contributed by atoms with E-state index in [-0.39, 0.29) is 24.3 Å². The molecular weight excluding hydrogens is 257 g/mol. The molecule has 1 aliphatic rings. The number of halogens is 1. The number of anilines is 1. The van der Waals surface area contributed by atoms with Crippen LogP contribution in [0.25, 0.3) is 0 Å². The average Bonchev–Trinajstić information content (AvgIpc) is 2.41. The Morgan fingerprint density at radius 1 is 1.50 bits per heavy atom. The highest BCUT2D eigenvalue weighted by Crippen LogP contribution is 2.20. The van der Waals surface area contributed by atoms with Gasteiger partial charge >= 0.3 is 0 Å². The number of aromatic nitrogens is 1. The molecule has 0 aliphatic carbocycles. The summed E-state index contributed by atoms with van der Waals surface area (Å²) >= 11 is 0. The van der Waals surface area contributed by atoms with E-state index in [9.17, 15) is 9.18 Å². The zero-order chi connectivity index (χ0) is 14.5. The predicted molar refractivity (Wildman–Crippen MR) is 80.1 cm³/mol. The van der Waals surface area contributed by atoms with Gasteiger partial charge in [0, 0.05) is 31.4 Å². The third kappa shape index (κ3) is 3.60. The Hall–Kier alpha value is -1.36. The number of nitrogens with one attached hydrogen (secondary N) is 1. The van der Waals surface area contributed by atoms with Crippen molar-refractivity contribution >= 4 is 5.69 Å². The topological polar surface area (TPSA) is 37.3 Å². The Morgan fingerprint density at radius 3 is 3.00 bits per heavy atom. The highest BCUT2D eigenvalue weighted by Gasteiger charge is 2.22. The number of hydrogen-bond acceptors (Lipinski definition) is 3. The second-order valence-corrected chi connectivity index (χ2v) is 5.72. The first-order valence-electron chi connectivity index (χ1n) is 7.38. The summed E-state index contributed by atoms with van der Waals surface area (Å²) in [5.74, 6) is 0. The van der Waals surface area contributed by atoms with Crippen LogP contribution >= 0.6 is 0 Å². The largest absolute Gasteiger partial charge is 0.378 e. The molecule has 1 aliphatic heterocycles. The second kappa shape index (κ2) is 6.88. The van der Waals surface area contributed by atoms with E-state index in [4.69, 9.17) is 0 Å². The SMILES string of the molecule is CC(C)Nc1cccn([C@H]2CCCN(CCF)C2)c1=O. The van der Waals surface area contributed by atoms with Gasteiger partial charge in [-0.05, 0) is 45.4 Å². The van der Waals surface area contributed by atoms with E-state index < -0.39 is 0 Å². The summed E-state index contributed by atoms with van der Waals surface area (Å²) in [5.41, 5.74) is 0.665. The van der Waals surface area contributed by atoms with Gasteiger partial charge in [-0.15, -0.1) is 0 Å². The molecule has 1 atom stereocenters. The molecule has 1 aromatic heterocycles. The van der Waals surface area contributed by atoms with E-state index in [1.165, 1.54) is 0 Å². The third-order valence-corrected chi connectivity index (χ3v) is 3.69. The highest BCUT2D eigenvalue weighted by atomic mass is 19.1. The second-order valence-electron chi connectivity index (χ2n) is 5.72. The van der Waals surface area contributed by atoms with Gasteiger partial charge < -0.3 is 9.88 Å². The molecule has 0 aromatic carbocycles. The number of nitrogens with zero attached hydrogens (tertiary/aromatic N) is 2. The fraction of sp³-hybridized carbons (Fsp3) is 0.667. The maximum atomic E-state index is 12.5. The van der Waals surface area contributed by atoms with E-state index in [1.807, 2.05) is 32.2 Å². The summed E-state index contributed by atoms with van der Waals surface area (Å²) in [7, 11) is 0. The zero-order valence-electron chi connectivity index (χ0n) is 12.3. The number of hydrogen-bond donors (Lipinski definition) is 1. The van der Waals surface area contributed by atoms with Gasteiger partial charge in [0.2, 0.25) is 0 Å². The number of likely N-dealkylation sites (tertiary alicyclic amines) is 1. The monoisotopic (exact) mass is 281 g/mol. The lowest BCUT2D eigenvalue weighted by Crippen LogP contribution is -2.41. The first-order valence-corrected chi connectivity index (χ1v) is 7.38. The Morgan fingerprint density at radius 2 is 2.30 bits per heavy atom. The fourth-order valence-corrected chi connectivity index (χ4v) is 2.80. The summed E-state index contributed by atoms with van der Waals surface area (Å²) in [6, 6.07) is 4.10. The zero-order valence-corrected chi connectivity index (χ0v) is 12.3. The molecule has 0 bridgehead atoms. The van der Waals surface area contributed by atoms with Crippen LogP contribution in [0.5, 0.6) is 0 Å². The first kappa shape index (κ1) is 15.0. The molecule has 2 rings (SSSR count). The highest BCUT2D eigenvalue weighted by molar-refractivity contribution is 5.41. The van der Waals surface area contributed by atoms with E-state index in [2.05, 4.69) is 10.2 Å². The third-order valence-electron chi connectivity index (χ3n) is 3.69. The van der Waals surface area contributed by atoms with E-state index in [0.717, 1.165) is 25.9 Å². The molecule has 1 N–H and O–H groups in total. The lowest BCUT2D eigenvalue weighted by Gasteiger charge is -2.33. The summed E-state index contributed by atoms with van der Waals surface area (Å²) < 4.78 is 14.3. The van der Waals surface area contributed by atoms with Gasteiger partial charge in [0.05, 0.1) is 0 Å². The lowest BCUT2D eigenvalue weighted by atomic mass is 10.1. The average molecular weight is 281 g/mol. The van der Waals surface area contributed by atoms with E-state index in [0.29, 0.717) is 12.2 Å². The quantitative estimate of drug-likeness (QED) is 0.899. The summed E-state index contributed by atoms with van der Waals surface area (Å²) in [4.78, 5) is 14.6. The van der Waals surface area contributed by atoms with Gasteiger partial charge in [-0.3, -0.25) is 9.69 Å². The number of rotatable bonds is 5. The molecule has 0 saturated carbocycles. The van der Waals surface area contributed by atoms with Crippen molar-refractivity contribution in [1.29, 1.82) is 0 Å². The Balaban J connectivity index is 2.17. The maximum absolute atomic E-state index is 12.5. The fourth-order valence-electron chi connectivity index (χ4n) is 2.80. The van der Waals surface area contributed by atoms with Gasteiger partial charge in [0.15, 0.2) is 0 Å². The van der Waals surface area contributed by atoms with Crippen LogP contribution in [-0.4, -0.2) is 41.8 Å². The van der Waals surface area contributed by atoms with Crippen LogP contribution in [-0.2, 0) is 0 Å². The smallest absolute Gasteiger partial charge is 0.274 e. The normalized spacial score (nSPS) is 20.3. The molecule has 1 aromatic rings. The predicted octanol–water partition coefficient (Wildman–Crippen LogP) is 2.28. The van der Waals surface area contributed by atoms with Crippen molar-refractivity contribution in [2.24, 2.45) is 0 Å². The minimum absolute atomic E-state index is 0.0216. The van der Waals surface area contributed by atoms with Gasteiger partial charge in [-0.1, -0.05) is 0 Å². The Kier molecular flexibility index (Phi) is 5.17. The minimum atomic E-state index is -0.323. The van der Waals surface area contributed by atoms with Crippen molar-refractivity contribution in [3.05, 3.63) is 28.7 Å². The van der Waals surface area contributed by atoms with Crippen LogP contribution < -0.4 is 10.9 Å². The van der Waals surface area contributed by atoms with Crippen LogP contribution in [0.15, 0.2) is 23.1 Å². The van der Waals surface area contributed by atoms with Crippen molar-refractivity contribution < 1.29 is 4.39 Å². The van der Waals surface area contributed by atoms with Crippen LogP contribution in [0.1, 0.15) is 32.7 Å². The van der Waals surface area contributed by atoms with Gasteiger partial charge in [-0.2, -0.15) is 0 Å². The van der Waals surface area contributed by atoms with Crippen LogP contribution in [0.3, 0.4) is 0 Å². The number of alkyl halides is 1. The minimum Gasteiger partial charge on any atom is -0.378 e. The molecule has 0 unspecified atom stereocenters. The molecule has 0 radical (unpaired) electrons. The van der Waals surface area contributed by atoms with Crippen LogP contribution in [0, 0.1) is 0 Å². The summed E-state index contributed by atoms with van der Waals surface area (Å²) in [6.07, 6.45) is 3.84. The first-order chi connectivity index (χ1) is 9.61. The summed E-state index contributed by atoms with van der Waals surface area (Å²) in [6.45, 7) is 5.86. The molecule has 4 nitrogen and oxygen atoms in total. The van der Waals surface area contributed by atoms with Crippen molar-refractivity contribution in [3.63, 3.8) is 0 Å². The van der Waals surface area contributed by atoms with Crippen molar-refractivity contribution in [1.82, 2.24) is 9.47 Å². The molecule has 5 heteroatoms. The number of piperidine rings is 1. The molecule has 0 spiro atoms. The van der Waals surface area contributed by atoms with E-state index >= 15 is 0 Å². The number of pyridine rings is 1. The molecule has 1 fully saturated rings. The molecule has 0 amide bonds. The molecule has 112 valence electrons. The van der Waals surface area contributed by atoms with E-state index in [1.54, 1.807) is 4.57 Å². The Labute approximate surface area is 119 Å². The Bertz CT molecular complexity index is 484. The maximum Gasteiger partial charge on any atom is 0.274 e. The lowest BCUT2D eigenvalue weighted by molar-refractivity contribution is 0.164. The molecule has 1 saturated heterocycles. The molecule has 20 heavy (non-hydrogen) atoms. The van der Waals surface area contributed by atoms with Crippen LogP contribution in [0.4, 0.5) is 10.1 Å². The molecular formula is C15H24FN3O. The van der Waals surface area contributed by atoms with Gasteiger partial charge in [0.1, 0.15) is 12.4 Å². The van der Waals surface area contributed by atoms with Crippen molar-refractivity contribution in [2.45, 2.75) is 38.8 Å². The van der Waals surface area contributed by atoms with Crippen LogP contribution in [0.2, 0.25) is 0 Å².